The first-order valence-electron chi connectivity index (χ1n) is 6.02. The number of nitrogen functional groups attached to an aromatic ring is 1. The zero-order chi connectivity index (χ0) is 13.1. The monoisotopic (exact) mass is 242 g/mol. The molecule has 0 spiro atoms. The van der Waals surface area contributed by atoms with E-state index in [2.05, 4.69) is 54.3 Å². The molecular weight excluding hydrogens is 224 g/mol. The minimum Gasteiger partial charge on any atom is -0.396 e. The van der Waals surface area contributed by atoms with Gasteiger partial charge in [-0.05, 0) is 24.0 Å². The van der Waals surface area contributed by atoms with Crippen molar-refractivity contribution in [2.75, 3.05) is 11.1 Å². The van der Waals surface area contributed by atoms with E-state index >= 15 is 0 Å². The third-order valence-electron chi connectivity index (χ3n) is 2.84. The van der Waals surface area contributed by atoms with Gasteiger partial charge in [0.25, 0.3) is 0 Å². The summed E-state index contributed by atoms with van der Waals surface area (Å²) in [4.78, 5) is 8.34. The zero-order valence-corrected chi connectivity index (χ0v) is 10.9. The number of hydrogen-bond donors (Lipinski definition) is 2. The Hall–Kier alpha value is -2.10. The van der Waals surface area contributed by atoms with Crippen molar-refractivity contribution in [3.63, 3.8) is 0 Å². The molecule has 2 rings (SSSR count). The molecule has 0 radical (unpaired) electrons. The van der Waals surface area contributed by atoms with Gasteiger partial charge in [-0.25, -0.2) is 9.97 Å². The lowest BCUT2D eigenvalue weighted by Gasteiger charge is -2.16. The fourth-order valence-electron chi connectivity index (χ4n) is 1.86. The molecule has 0 bridgehead atoms. The number of nitrogens with two attached hydrogens (primary N) is 1. The van der Waals surface area contributed by atoms with Gasteiger partial charge < -0.3 is 11.1 Å². The Kier molecular flexibility index (Phi) is 3.46. The molecule has 0 saturated carbocycles. The second-order valence-corrected chi connectivity index (χ2v) is 4.66. The molecule has 1 aromatic heterocycles. The predicted molar refractivity (Wildman–Crippen MR) is 75.0 cm³/mol. The molecule has 0 aliphatic rings. The van der Waals surface area contributed by atoms with Gasteiger partial charge in [0.15, 0.2) is 0 Å². The normalized spacial score (nSPS) is 10.7. The Morgan fingerprint density at radius 2 is 1.83 bits per heavy atom. The van der Waals surface area contributed by atoms with Crippen molar-refractivity contribution < 1.29 is 0 Å². The average molecular weight is 242 g/mol. The molecule has 0 aliphatic heterocycles. The van der Waals surface area contributed by atoms with E-state index in [1.165, 1.54) is 11.1 Å². The van der Waals surface area contributed by atoms with Crippen molar-refractivity contribution in [2.45, 2.75) is 26.7 Å². The number of anilines is 3. The van der Waals surface area contributed by atoms with Crippen LogP contribution in [0.2, 0.25) is 0 Å². The van der Waals surface area contributed by atoms with Crippen molar-refractivity contribution in [3.8, 4) is 0 Å². The van der Waals surface area contributed by atoms with Crippen LogP contribution in [0.3, 0.4) is 0 Å². The summed E-state index contributed by atoms with van der Waals surface area (Å²) >= 11 is 0. The fraction of sp³-hybridized carbons (Fsp3) is 0.286. The molecule has 0 unspecified atom stereocenters. The Morgan fingerprint density at radius 3 is 2.44 bits per heavy atom. The van der Waals surface area contributed by atoms with E-state index in [1.807, 2.05) is 0 Å². The number of nitrogens with one attached hydrogen (secondary N) is 1. The van der Waals surface area contributed by atoms with E-state index < -0.39 is 0 Å². The van der Waals surface area contributed by atoms with E-state index in [0.717, 1.165) is 5.69 Å². The summed E-state index contributed by atoms with van der Waals surface area (Å²) in [5.41, 5.74) is 9.66. The van der Waals surface area contributed by atoms with Crippen LogP contribution in [-0.2, 0) is 0 Å². The summed E-state index contributed by atoms with van der Waals surface area (Å²) in [5.74, 6) is 1.02. The van der Waals surface area contributed by atoms with Crippen molar-refractivity contribution in [3.05, 3.63) is 41.7 Å². The SMILES string of the molecule is Cc1cccc(C(C)C)c1Nc1ncc(N)cn1. The predicted octanol–water partition coefficient (Wildman–Crippen LogP) is 3.23. The molecule has 4 nitrogen and oxygen atoms in total. The van der Waals surface area contributed by atoms with Crippen LogP contribution in [0.25, 0.3) is 0 Å². The van der Waals surface area contributed by atoms with E-state index in [4.69, 9.17) is 5.73 Å². The van der Waals surface area contributed by atoms with Crippen LogP contribution in [0.4, 0.5) is 17.3 Å². The quantitative estimate of drug-likeness (QED) is 0.867. The Morgan fingerprint density at radius 1 is 1.17 bits per heavy atom. The molecule has 0 atom stereocenters. The molecule has 0 amide bonds. The van der Waals surface area contributed by atoms with Gasteiger partial charge >= 0.3 is 0 Å². The van der Waals surface area contributed by atoms with Gasteiger partial charge in [0.05, 0.1) is 18.1 Å². The first-order valence-corrected chi connectivity index (χ1v) is 6.02. The molecule has 94 valence electrons. The van der Waals surface area contributed by atoms with Crippen LogP contribution < -0.4 is 11.1 Å². The molecule has 4 heteroatoms. The number of aromatic nitrogens is 2. The van der Waals surface area contributed by atoms with Crippen LogP contribution >= 0.6 is 0 Å². The summed E-state index contributed by atoms with van der Waals surface area (Å²) in [5, 5.41) is 3.27. The average Bonchev–Trinajstić information content (AvgIpc) is 2.34. The molecule has 18 heavy (non-hydrogen) atoms. The van der Waals surface area contributed by atoms with Crippen LogP contribution in [-0.4, -0.2) is 9.97 Å². The highest BCUT2D eigenvalue weighted by atomic mass is 15.1. The van der Waals surface area contributed by atoms with Crippen LogP contribution in [0, 0.1) is 6.92 Å². The lowest BCUT2D eigenvalue weighted by molar-refractivity contribution is 0.866. The minimum absolute atomic E-state index is 0.446. The lowest BCUT2D eigenvalue weighted by Crippen LogP contribution is -2.03. The maximum absolute atomic E-state index is 5.58. The molecule has 2 aromatic rings. The Bertz CT molecular complexity index is 532. The van der Waals surface area contributed by atoms with E-state index in [0.29, 0.717) is 17.6 Å². The van der Waals surface area contributed by atoms with E-state index in [1.54, 1.807) is 12.4 Å². The smallest absolute Gasteiger partial charge is 0.227 e. The molecule has 1 aromatic carbocycles. The molecule has 1 heterocycles. The summed E-state index contributed by atoms with van der Waals surface area (Å²) in [6.45, 7) is 6.42. The third kappa shape index (κ3) is 2.59. The van der Waals surface area contributed by atoms with Gasteiger partial charge in [0.1, 0.15) is 0 Å². The molecule has 3 N–H and O–H groups in total. The van der Waals surface area contributed by atoms with Crippen LogP contribution in [0.15, 0.2) is 30.6 Å². The second kappa shape index (κ2) is 5.04. The molecule has 0 fully saturated rings. The second-order valence-electron chi connectivity index (χ2n) is 4.66. The Labute approximate surface area is 107 Å². The van der Waals surface area contributed by atoms with Crippen molar-refractivity contribution in [1.29, 1.82) is 0 Å². The maximum Gasteiger partial charge on any atom is 0.227 e. The van der Waals surface area contributed by atoms with Crippen LogP contribution in [0.1, 0.15) is 30.9 Å². The highest BCUT2D eigenvalue weighted by molar-refractivity contribution is 5.64. The van der Waals surface area contributed by atoms with Crippen molar-refractivity contribution >= 4 is 17.3 Å². The highest BCUT2D eigenvalue weighted by Gasteiger charge is 2.09. The summed E-state index contributed by atoms with van der Waals surface area (Å²) in [6.07, 6.45) is 3.20. The number of nitrogens with zero attached hydrogens (tertiary/aromatic N) is 2. The van der Waals surface area contributed by atoms with Crippen molar-refractivity contribution in [1.82, 2.24) is 9.97 Å². The minimum atomic E-state index is 0.446. The van der Waals surface area contributed by atoms with Gasteiger partial charge in [-0.3, -0.25) is 0 Å². The van der Waals surface area contributed by atoms with Gasteiger partial charge in [0, 0.05) is 5.69 Å². The number of hydrogen-bond acceptors (Lipinski definition) is 4. The highest BCUT2D eigenvalue weighted by Crippen LogP contribution is 2.29. The zero-order valence-electron chi connectivity index (χ0n) is 10.9. The lowest BCUT2D eigenvalue weighted by atomic mass is 9.98. The molecule has 0 saturated heterocycles. The number of aryl methyl sites for hydroxylation is 1. The summed E-state index contributed by atoms with van der Waals surface area (Å²) in [7, 11) is 0. The Balaban J connectivity index is 2.36. The number of rotatable bonds is 3. The van der Waals surface area contributed by atoms with Gasteiger partial charge in [0.2, 0.25) is 5.95 Å². The molecule has 0 aliphatic carbocycles. The first kappa shape index (κ1) is 12.4. The topological polar surface area (TPSA) is 63.8 Å². The third-order valence-corrected chi connectivity index (χ3v) is 2.84. The largest absolute Gasteiger partial charge is 0.396 e. The first-order chi connectivity index (χ1) is 8.58. The fourth-order valence-corrected chi connectivity index (χ4v) is 1.86. The van der Waals surface area contributed by atoms with Gasteiger partial charge in [-0.15, -0.1) is 0 Å². The maximum atomic E-state index is 5.58. The number of benzene rings is 1. The summed E-state index contributed by atoms with van der Waals surface area (Å²) in [6, 6.07) is 6.27. The van der Waals surface area contributed by atoms with E-state index in [-0.39, 0.29) is 0 Å². The van der Waals surface area contributed by atoms with E-state index in [9.17, 15) is 0 Å². The summed E-state index contributed by atoms with van der Waals surface area (Å²) < 4.78 is 0. The number of para-hydroxylation sites is 1. The van der Waals surface area contributed by atoms with Gasteiger partial charge in [-0.1, -0.05) is 32.0 Å². The standard InChI is InChI=1S/C14H18N4/c1-9(2)12-6-4-5-10(3)13(12)18-14-16-7-11(15)8-17-14/h4-9H,15H2,1-3H3,(H,16,17,18). The van der Waals surface area contributed by atoms with Crippen molar-refractivity contribution in [2.24, 2.45) is 0 Å². The molecular formula is C14H18N4. The van der Waals surface area contributed by atoms with Gasteiger partial charge in [-0.2, -0.15) is 0 Å². The van der Waals surface area contributed by atoms with Crippen LogP contribution in [0.5, 0.6) is 0 Å².